The number of piperazine rings is 1. The van der Waals surface area contributed by atoms with Gasteiger partial charge in [-0.15, -0.1) is 0 Å². The second-order valence-corrected chi connectivity index (χ2v) is 14.8. The standard InChI is InChI=1S/C33H44N4O4S/c1-23(2)36-27-10-11-28(36)21-30(20-27)41-29-12-13-31-26(18-29)19-32(37(31)24(3)4)33(38)34-14-16-35(17-15-34)42(39,40)22-25-8-6-5-7-9-25/h5-9,12-13,18-19,23-24,27-28,30H,10-11,14-17,20-22H2,1-4H3/t27-,28+,30-. The lowest BCUT2D eigenvalue weighted by molar-refractivity contribution is 0.0308. The fraction of sp³-hybridized carbons (Fsp3) is 0.545. The number of carbonyl (C=O) groups is 1. The van der Waals surface area contributed by atoms with E-state index in [4.69, 9.17) is 4.74 Å². The van der Waals surface area contributed by atoms with Crippen molar-refractivity contribution in [2.24, 2.45) is 0 Å². The van der Waals surface area contributed by atoms with Gasteiger partial charge in [0.1, 0.15) is 17.5 Å². The maximum atomic E-state index is 13.8. The van der Waals surface area contributed by atoms with Crippen LogP contribution in [0.25, 0.3) is 10.9 Å². The molecular weight excluding hydrogens is 548 g/mol. The molecule has 0 saturated carbocycles. The molecule has 3 atom stereocenters. The Labute approximate surface area is 250 Å². The Morgan fingerprint density at radius 3 is 2.17 bits per heavy atom. The SMILES string of the molecule is CC(C)N1[C@@H]2CC[C@H]1C[C@H](Oc1ccc3c(c1)cc(C(=O)N1CCN(S(=O)(=O)Cc4ccccc4)CC1)n3C(C)C)C2. The lowest BCUT2D eigenvalue weighted by Gasteiger charge is -2.41. The Bertz CT molecular complexity index is 1510. The van der Waals surface area contributed by atoms with E-state index >= 15 is 0 Å². The Morgan fingerprint density at radius 1 is 0.881 bits per heavy atom. The highest BCUT2D eigenvalue weighted by atomic mass is 32.2. The molecule has 8 nitrogen and oxygen atoms in total. The molecular formula is C33H44N4O4S. The van der Waals surface area contributed by atoms with Crippen LogP contribution in [0.3, 0.4) is 0 Å². The summed E-state index contributed by atoms with van der Waals surface area (Å²) in [6, 6.07) is 19.3. The predicted octanol–water partition coefficient (Wildman–Crippen LogP) is 5.29. The van der Waals surface area contributed by atoms with Crippen LogP contribution in [-0.2, 0) is 15.8 Å². The van der Waals surface area contributed by atoms with Crippen molar-refractivity contribution >= 4 is 26.8 Å². The topological polar surface area (TPSA) is 75.1 Å². The molecule has 3 aromatic rings. The Kier molecular flexibility index (Phi) is 8.11. The van der Waals surface area contributed by atoms with Crippen LogP contribution in [0, 0.1) is 0 Å². The second kappa shape index (κ2) is 11.7. The fourth-order valence-electron chi connectivity index (χ4n) is 7.51. The van der Waals surface area contributed by atoms with Crippen LogP contribution >= 0.6 is 0 Å². The molecule has 2 bridgehead atoms. The van der Waals surface area contributed by atoms with Crippen molar-refractivity contribution in [2.45, 2.75) is 89.4 Å². The zero-order valence-electron chi connectivity index (χ0n) is 25.3. The van der Waals surface area contributed by atoms with E-state index in [-0.39, 0.29) is 23.8 Å². The van der Waals surface area contributed by atoms with Crippen LogP contribution in [0.5, 0.6) is 5.75 Å². The van der Waals surface area contributed by atoms with Gasteiger partial charge in [-0.1, -0.05) is 30.3 Å². The maximum Gasteiger partial charge on any atom is 0.270 e. The quantitative estimate of drug-likeness (QED) is 0.355. The number of hydrogen-bond acceptors (Lipinski definition) is 5. The summed E-state index contributed by atoms with van der Waals surface area (Å²) >= 11 is 0. The number of fused-ring (bicyclic) bond motifs is 3. The zero-order chi connectivity index (χ0) is 29.6. The third-order valence-electron chi connectivity index (χ3n) is 9.30. The van der Waals surface area contributed by atoms with Crippen LogP contribution in [0.15, 0.2) is 54.6 Å². The monoisotopic (exact) mass is 592 g/mol. The number of carbonyl (C=O) groups excluding carboxylic acids is 1. The molecule has 0 N–H and O–H groups in total. The molecule has 0 aliphatic carbocycles. The molecule has 3 aliphatic rings. The minimum absolute atomic E-state index is 0.0219. The minimum atomic E-state index is -3.45. The first-order valence-corrected chi connectivity index (χ1v) is 17.1. The maximum absolute atomic E-state index is 13.8. The molecule has 0 spiro atoms. The van der Waals surface area contributed by atoms with Crippen molar-refractivity contribution in [3.63, 3.8) is 0 Å². The minimum Gasteiger partial charge on any atom is -0.490 e. The summed E-state index contributed by atoms with van der Waals surface area (Å²) in [5.41, 5.74) is 2.43. The number of nitrogens with zero attached hydrogens (tertiary/aromatic N) is 4. The molecule has 4 heterocycles. The summed E-state index contributed by atoms with van der Waals surface area (Å²) in [6.07, 6.45) is 4.88. The van der Waals surface area contributed by atoms with Crippen molar-refractivity contribution in [3.8, 4) is 5.75 Å². The van der Waals surface area contributed by atoms with Gasteiger partial charge in [0.2, 0.25) is 10.0 Å². The summed E-state index contributed by atoms with van der Waals surface area (Å²) in [6.45, 7) is 10.1. The van der Waals surface area contributed by atoms with E-state index in [0.717, 1.165) is 35.1 Å². The largest absolute Gasteiger partial charge is 0.490 e. The molecule has 1 aromatic heterocycles. The molecule has 2 aromatic carbocycles. The van der Waals surface area contributed by atoms with Gasteiger partial charge < -0.3 is 14.2 Å². The van der Waals surface area contributed by atoms with E-state index < -0.39 is 10.0 Å². The Balaban J connectivity index is 1.15. The van der Waals surface area contributed by atoms with Gasteiger partial charge >= 0.3 is 0 Å². The number of piperidine rings is 1. The van der Waals surface area contributed by atoms with Gasteiger partial charge in [0.05, 0.1) is 5.75 Å². The summed E-state index contributed by atoms with van der Waals surface area (Å²) < 4.78 is 36.2. The van der Waals surface area contributed by atoms with Crippen LogP contribution in [0.1, 0.15) is 75.5 Å². The zero-order valence-corrected chi connectivity index (χ0v) is 26.1. The lowest BCUT2D eigenvalue weighted by Crippen LogP contribution is -2.51. The van der Waals surface area contributed by atoms with Crippen LogP contribution in [-0.4, -0.2) is 83.4 Å². The molecule has 3 aliphatic heterocycles. The third kappa shape index (κ3) is 5.71. The number of benzene rings is 2. The van der Waals surface area contributed by atoms with Crippen LogP contribution < -0.4 is 4.74 Å². The van der Waals surface area contributed by atoms with E-state index in [1.54, 1.807) is 4.90 Å². The van der Waals surface area contributed by atoms with Gasteiger partial charge in [-0.2, -0.15) is 4.31 Å². The van der Waals surface area contributed by atoms with Crippen LogP contribution in [0.4, 0.5) is 0 Å². The molecule has 226 valence electrons. The van der Waals surface area contributed by atoms with Gasteiger partial charge in [0.15, 0.2) is 0 Å². The first kappa shape index (κ1) is 29.2. The lowest BCUT2D eigenvalue weighted by atomic mass is 9.98. The van der Waals surface area contributed by atoms with Gasteiger partial charge in [-0.25, -0.2) is 8.42 Å². The Hall–Kier alpha value is -2.88. The molecule has 6 rings (SSSR count). The average molecular weight is 593 g/mol. The van der Waals surface area contributed by atoms with Crippen molar-refractivity contribution in [1.82, 2.24) is 18.7 Å². The molecule has 3 fully saturated rings. The first-order valence-electron chi connectivity index (χ1n) is 15.5. The van der Waals surface area contributed by atoms with Gasteiger partial charge in [-0.3, -0.25) is 9.69 Å². The third-order valence-corrected chi connectivity index (χ3v) is 11.2. The predicted molar refractivity (Wildman–Crippen MR) is 166 cm³/mol. The van der Waals surface area contributed by atoms with E-state index in [2.05, 4.69) is 49.3 Å². The summed E-state index contributed by atoms with van der Waals surface area (Å²) in [7, 11) is -3.45. The number of rotatable bonds is 8. The normalized spacial score (nSPS) is 23.8. The van der Waals surface area contributed by atoms with E-state index in [1.807, 2.05) is 42.5 Å². The average Bonchev–Trinajstić information content (AvgIpc) is 3.48. The molecule has 1 amide bonds. The number of ether oxygens (including phenoxy) is 1. The van der Waals surface area contributed by atoms with Crippen molar-refractivity contribution in [1.29, 1.82) is 0 Å². The molecule has 0 radical (unpaired) electrons. The summed E-state index contributed by atoms with van der Waals surface area (Å²) in [5, 5.41) is 0.996. The number of sulfonamides is 1. The van der Waals surface area contributed by atoms with E-state index in [0.29, 0.717) is 50.0 Å². The summed E-state index contributed by atoms with van der Waals surface area (Å²) in [5.74, 6) is 0.786. The van der Waals surface area contributed by atoms with Crippen LogP contribution in [0.2, 0.25) is 0 Å². The van der Waals surface area contributed by atoms with Crippen molar-refractivity contribution < 1.29 is 17.9 Å². The Morgan fingerprint density at radius 2 is 1.55 bits per heavy atom. The highest BCUT2D eigenvalue weighted by Gasteiger charge is 2.42. The molecule has 42 heavy (non-hydrogen) atoms. The smallest absolute Gasteiger partial charge is 0.270 e. The van der Waals surface area contributed by atoms with E-state index in [9.17, 15) is 13.2 Å². The fourth-order valence-corrected chi connectivity index (χ4v) is 9.03. The van der Waals surface area contributed by atoms with Gasteiger partial charge in [0.25, 0.3) is 5.91 Å². The van der Waals surface area contributed by atoms with Crippen molar-refractivity contribution in [3.05, 3.63) is 65.9 Å². The molecule has 0 unspecified atom stereocenters. The molecule has 3 saturated heterocycles. The highest BCUT2D eigenvalue weighted by molar-refractivity contribution is 7.88. The molecule has 9 heteroatoms. The number of hydrogen-bond donors (Lipinski definition) is 0. The van der Waals surface area contributed by atoms with Crippen molar-refractivity contribution in [2.75, 3.05) is 26.2 Å². The highest BCUT2D eigenvalue weighted by Crippen LogP contribution is 2.39. The number of aromatic nitrogens is 1. The first-order chi connectivity index (χ1) is 20.1. The summed E-state index contributed by atoms with van der Waals surface area (Å²) in [4.78, 5) is 18.3. The van der Waals surface area contributed by atoms with Gasteiger partial charge in [0, 0.05) is 61.2 Å². The number of amides is 1. The van der Waals surface area contributed by atoms with E-state index in [1.165, 1.54) is 17.1 Å². The van der Waals surface area contributed by atoms with Gasteiger partial charge in [-0.05, 0) is 83.2 Å². The second-order valence-electron chi connectivity index (χ2n) is 12.8.